The summed E-state index contributed by atoms with van der Waals surface area (Å²) in [7, 11) is 1.36. The van der Waals surface area contributed by atoms with Gasteiger partial charge >= 0.3 is 5.97 Å². The SMILES string of the molecule is COC(=O)[C@H](Cc1ccccc1)[C@](C)(O)c1cccc2ccccc12. The van der Waals surface area contributed by atoms with E-state index in [0.29, 0.717) is 6.42 Å². The predicted octanol–water partition coefficient (Wildman–Crippen LogP) is 4.08. The number of ether oxygens (including phenoxy) is 1. The van der Waals surface area contributed by atoms with Crippen LogP contribution in [-0.2, 0) is 21.6 Å². The van der Waals surface area contributed by atoms with Crippen molar-refractivity contribution < 1.29 is 14.6 Å². The van der Waals surface area contributed by atoms with Crippen molar-refractivity contribution in [1.82, 2.24) is 0 Å². The zero-order valence-corrected chi connectivity index (χ0v) is 14.5. The molecule has 3 aromatic carbocycles. The van der Waals surface area contributed by atoms with Crippen molar-refractivity contribution in [2.24, 2.45) is 5.92 Å². The molecular weight excluding hydrogens is 312 g/mol. The number of fused-ring (bicyclic) bond motifs is 1. The molecule has 0 saturated carbocycles. The minimum absolute atomic E-state index is 0.406. The Kier molecular flexibility index (Phi) is 4.86. The van der Waals surface area contributed by atoms with E-state index in [4.69, 9.17) is 4.74 Å². The van der Waals surface area contributed by atoms with Crippen molar-refractivity contribution in [1.29, 1.82) is 0 Å². The summed E-state index contributed by atoms with van der Waals surface area (Å²) >= 11 is 0. The first-order valence-corrected chi connectivity index (χ1v) is 8.36. The van der Waals surface area contributed by atoms with Crippen molar-refractivity contribution >= 4 is 16.7 Å². The van der Waals surface area contributed by atoms with Crippen LogP contribution in [0.3, 0.4) is 0 Å². The smallest absolute Gasteiger partial charge is 0.312 e. The largest absolute Gasteiger partial charge is 0.469 e. The van der Waals surface area contributed by atoms with Gasteiger partial charge in [-0.05, 0) is 35.2 Å². The monoisotopic (exact) mass is 334 g/mol. The third-order valence-corrected chi connectivity index (χ3v) is 4.78. The lowest BCUT2D eigenvalue weighted by Crippen LogP contribution is -2.39. The summed E-state index contributed by atoms with van der Waals surface area (Å²) in [4.78, 5) is 12.5. The lowest BCUT2D eigenvalue weighted by Gasteiger charge is -2.32. The number of benzene rings is 3. The molecule has 25 heavy (non-hydrogen) atoms. The molecule has 1 N–H and O–H groups in total. The molecule has 3 nitrogen and oxygen atoms in total. The standard InChI is InChI=1S/C22H22O3/c1-22(24,19-14-8-12-17-11-6-7-13-18(17)19)20(21(23)25-2)15-16-9-4-3-5-10-16/h3-14,20,24H,15H2,1-2H3/t20-,22+/m0/s1. The van der Waals surface area contributed by atoms with Gasteiger partial charge in [-0.25, -0.2) is 0 Å². The van der Waals surface area contributed by atoms with Crippen molar-refractivity contribution in [3.8, 4) is 0 Å². The lowest BCUT2D eigenvalue weighted by atomic mass is 9.77. The summed E-state index contributed by atoms with van der Waals surface area (Å²) in [6.45, 7) is 1.69. The summed E-state index contributed by atoms with van der Waals surface area (Å²) in [5.74, 6) is -1.12. The van der Waals surface area contributed by atoms with Crippen LogP contribution in [-0.4, -0.2) is 18.2 Å². The normalized spacial score (nSPS) is 14.7. The molecule has 0 heterocycles. The van der Waals surface area contributed by atoms with Gasteiger partial charge in [0.05, 0.1) is 13.0 Å². The third-order valence-electron chi connectivity index (χ3n) is 4.78. The fourth-order valence-corrected chi connectivity index (χ4v) is 3.36. The van der Waals surface area contributed by atoms with Crippen LogP contribution in [0.1, 0.15) is 18.1 Å². The van der Waals surface area contributed by atoms with Gasteiger partial charge in [0.15, 0.2) is 0 Å². The molecule has 0 aromatic heterocycles. The Hall–Kier alpha value is -2.65. The van der Waals surface area contributed by atoms with Crippen molar-refractivity contribution in [3.05, 3.63) is 83.9 Å². The van der Waals surface area contributed by atoms with Gasteiger partial charge in [0.25, 0.3) is 0 Å². The van der Waals surface area contributed by atoms with Crippen LogP contribution >= 0.6 is 0 Å². The number of rotatable bonds is 5. The van der Waals surface area contributed by atoms with E-state index in [0.717, 1.165) is 21.9 Å². The summed E-state index contributed by atoms with van der Waals surface area (Å²) in [6.07, 6.45) is 0.406. The first-order chi connectivity index (χ1) is 12.0. The molecule has 0 aliphatic carbocycles. The molecule has 0 unspecified atom stereocenters. The van der Waals surface area contributed by atoms with Gasteiger partial charge in [-0.2, -0.15) is 0 Å². The highest BCUT2D eigenvalue weighted by atomic mass is 16.5. The molecule has 2 atom stereocenters. The number of methoxy groups -OCH3 is 1. The van der Waals surface area contributed by atoms with Gasteiger partial charge in [0.1, 0.15) is 5.60 Å². The Morgan fingerprint density at radius 2 is 1.64 bits per heavy atom. The highest BCUT2D eigenvalue weighted by Crippen LogP contribution is 2.36. The van der Waals surface area contributed by atoms with Crippen LogP contribution in [0.5, 0.6) is 0 Å². The van der Waals surface area contributed by atoms with Gasteiger partial charge < -0.3 is 9.84 Å². The first-order valence-electron chi connectivity index (χ1n) is 8.36. The number of carbonyl (C=O) groups excluding carboxylic acids is 1. The maximum absolute atomic E-state index is 12.5. The second-order valence-corrected chi connectivity index (χ2v) is 6.44. The molecule has 0 amide bonds. The molecule has 0 spiro atoms. The molecule has 0 aliphatic heterocycles. The molecule has 0 aliphatic rings. The number of carbonyl (C=O) groups is 1. The van der Waals surface area contributed by atoms with E-state index in [9.17, 15) is 9.90 Å². The average molecular weight is 334 g/mol. The van der Waals surface area contributed by atoms with Gasteiger partial charge in [0, 0.05) is 0 Å². The summed E-state index contributed by atoms with van der Waals surface area (Å²) < 4.78 is 5.01. The molecule has 0 radical (unpaired) electrons. The topological polar surface area (TPSA) is 46.5 Å². The van der Waals surface area contributed by atoms with Gasteiger partial charge in [0.2, 0.25) is 0 Å². The van der Waals surface area contributed by atoms with Crippen molar-refractivity contribution in [3.63, 3.8) is 0 Å². The van der Waals surface area contributed by atoms with E-state index >= 15 is 0 Å². The molecule has 3 heteroatoms. The van der Waals surface area contributed by atoms with Crippen LogP contribution in [0.15, 0.2) is 72.8 Å². The van der Waals surface area contributed by atoms with E-state index in [1.807, 2.05) is 72.8 Å². The third kappa shape index (κ3) is 3.42. The predicted molar refractivity (Wildman–Crippen MR) is 99.2 cm³/mol. The molecule has 3 rings (SSSR count). The number of esters is 1. The molecule has 128 valence electrons. The Balaban J connectivity index is 2.08. The first kappa shape index (κ1) is 17.2. The Labute approximate surface area is 147 Å². The number of hydrogen-bond acceptors (Lipinski definition) is 3. The van der Waals surface area contributed by atoms with Crippen LogP contribution in [0, 0.1) is 5.92 Å². The van der Waals surface area contributed by atoms with Crippen LogP contribution < -0.4 is 0 Å². The van der Waals surface area contributed by atoms with E-state index in [2.05, 4.69) is 0 Å². The molecule has 3 aromatic rings. The van der Waals surface area contributed by atoms with Gasteiger partial charge in [-0.15, -0.1) is 0 Å². The lowest BCUT2D eigenvalue weighted by molar-refractivity contribution is -0.155. The Morgan fingerprint density at radius 1 is 1.00 bits per heavy atom. The maximum Gasteiger partial charge on any atom is 0.312 e. The van der Waals surface area contributed by atoms with Crippen LogP contribution in [0.4, 0.5) is 0 Å². The molecular formula is C22H22O3. The van der Waals surface area contributed by atoms with Crippen molar-refractivity contribution in [2.45, 2.75) is 18.9 Å². The van der Waals surface area contributed by atoms with E-state index in [1.165, 1.54) is 7.11 Å². The summed E-state index contributed by atoms with van der Waals surface area (Å²) in [5, 5.41) is 13.4. The second kappa shape index (κ2) is 7.08. The maximum atomic E-state index is 12.5. The van der Waals surface area contributed by atoms with Crippen LogP contribution in [0.25, 0.3) is 10.8 Å². The molecule has 0 bridgehead atoms. The molecule has 0 saturated heterocycles. The minimum Gasteiger partial charge on any atom is -0.469 e. The van der Waals surface area contributed by atoms with Crippen molar-refractivity contribution in [2.75, 3.05) is 7.11 Å². The van der Waals surface area contributed by atoms with E-state index in [1.54, 1.807) is 6.92 Å². The highest BCUT2D eigenvalue weighted by molar-refractivity contribution is 5.87. The van der Waals surface area contributed by atoms with E-state index < -0.39 is 17.5 Å². The van der Waals surface area contributed by atoms with Crippen LogP contribution in [0.2, 0.25) is 0 Å². The minimum atomic E-state index is -1.36. The summed E-state index contributed by atoms with van der Waals surface area (Å²) in [5.41, 5.74) is 0.361. The summed E-state index contributed by atoms with van der Waals surface area (Å²) in [6, 6.07) is 23.3. The Morgan fingerprint density at radius 3 is 2.36 bits per heavy atom. The number of aliphatic hydroxyl groups is 1. The molecule has 0 fully saturated rings. The fourth-order valence-electron chi connectivity index (χ4n) is 3.36. The Bertz CT molecular complexity index is 863. The van der Waals surface area contributed by atoms with E-state index in [-0.39, 0.29) is 0 Å². The van der Waals surface area contributed by atoms with Gasteiger partial charge in [-0.3, -0.25) is 4.79 Å². The number of hydrogen-bond donors (Lipinski definition) is 1. The highest BCUT2D eigenvalue weighted by Gasteiger charge is 2.40. The quantitative estimate of drug-likeness (QED) is 0.715. The fraction of sp³-hybridized carbons (Fsp3) is 0.227. The zero-order chi connectivity index (χ0) is 17.9. The average Bonchev–Trinajstić information content (AvgIpc) is 2.65. The van der Waals surface area contributed by atoms with Gasteiger partial charge in [-0.1, -0.05) is 72.8 Å². The second-order valence-electron chi connectivity index (χ2n) is 6.44. The zero-order valence-electron chi connectivity index (χ0n) is 14.5.